The number of ether oxygens (including phenoxy) is 1. The molecule has 0 aliphatic carbocycles. The molecule has 0 saturated carbocycles. The molecular formula is C8H14O2. The van der Waals surface area contributed by atoms with Crippen molar-refractivity contribution in [1.82, 2.24) is 0 Å². The number of aliphatic hydroxyl groups is 1. The highest BCUT2D eigenvalue weighted by Crippen LogP contribution is 2.00. The quantitative estimate of drug-likeness (QED) is 0.465. The van der Waals surface area contributed by atoms with Gasteiger partial charge < -0.3 is 9.84 Å². The third-order valence-electron chi connectivity index (χ3n) is 0.901. The minimum atomic E-state index is -0.429. The van der Waals surface area contributed by atoms with Crippen molar-refractivity contribution in [2.24, 2.45) is 0 Å². The van der Waals surface area contributed by atoms with E-state index < -0.39 is 6.10 Å². The van der Waals surface area contributed by atoms with Crippen LogP contribution in [0.25, 0.3) is 0 Å². The Balaban J connectivity index is 3.30. The van der Waals surface area contributed by atoms with Crippen molar-refractivity contribution in [3.8, 4) is 0 Å². The summed E-state index contributed by atoms with van der Waals surface area (Å²) in [5.41, 5.74) is 0. The summed E-state index contributed by atoms with van der Waals surface area (Å²) >= 11 is 0. The Kier molecular flexibility index (Phi) is 4.67. The Hall–Kier alpha value is -0.760. The van der Waals surface area contributed by atoms with Crippen LogP contribution in [0.15, 0.2) is 25.0 Å². The molecule has 1 atom stereocenters. The maximum absolute atomic E-state index is 8.78. The molecule has 58 valence electrons. The van der Waals surface area contributed by atoms with E-state index in [-0.39, 0.29) is 0 Å². The van der Waals surface area contributed by atoms with Gasteiger partial charge in [-0.2, -0.15) is 0 Å². The summed E-state index contributed by atoms with van der Waals surface area (Å²) in [5.74, 6) is 0.649. The second-order valence-corrected chi connectivity index (χ2v) is 2.19. The van der Waals surface area contributed by atoms with Crippen molar-refractivity contribution in [3.05, 3.63) is 25.0 Å². The van der Waals surface area contributed by atoms with Gasteiger partial charge in [0.15, 0.2) is 0 Å². The highest BCUT2D eigenvalue weighted by molar-refractivity contribution is 4.90. The van der Waals surface area contributed by atoms with Crippen molar-refractivity contribution >= 4 is 0 Å². The van der Waals surface area contributed by atoms with Gasteiger partial charge in [0.2, 0.25) is 0 Å². The van der Waals surface area contributed by atoms with Gasteiger partial charge in [-0.15, -0.1) is 6.58 Å². The maximum Gasteiger partial charge on any atom is 0.113 e. The normalized spacial score (nSPS) is 12.2. The Bertz CT molecular complexity index is 116. The van der Waals surface area contributed by atoms with Crippen LogP contribution in [0.1, 0.15) is 13.3 Å². The minimum Gasteiger partial charge on any atom is -0.496 e. The van der Waals surface area contributed by atoms with E-state index in [9.17, 15) is 0 Å². The van der Waals surface area contributed by atoms with Gasteiger partial charge in [0.1, 0.15) is 6.61 Å². The highest BCUT2D eigenvalue weighted by Gasteiger charge is 1.95. The molecule has 0 aromatic heterocycles. The van der Waals surface area contributed by atoms with Gasteiger partial charge in [-0.3, -0.25) is 0 Å². The van der Waals surface area contributed by atoms with Crippen LogP contribution >= 0.6 is 0 Å². The van der Waals surface area contributed by atoms with Crippen LogP contribution in [0.4, 0.5) is 0 Å². The predicted molar refractivity (Wildman–Crippen MR) is 41.6 cm³/mol. The fourth-order valence-electron chi connectivity index (χ4n) is 0.458. The molecule has 0 aliphatic heterocycles. The summed E-state index contributed by atoms with van der Waals surface area (Å²) < 4.78 is 5.03. The summed E-state index contributed by atoms with van der Waals surface area (Å²) in [6.07, 6.45) is 1.93. The molecule has 0 rings (SSSR count). The van der Waals surface area contributed by atoms with Gasteiger partial charge in [-0.05, 0) is 6.92 Å². The number of rotatable bonds is 5. The molecule has 0 aliphatic rings. The Morgan fingerprint density at radius 3 is 2.80 bits per heavy atom. The van der Waals surface area contributed by atoms with Crippen LogP contribution in [0.5, 0.6) is 0 Å². The molecule has 2 heteroatoms. The molecule has 1 N–H and O–H groups in total. The Labute approximate surface area is 61.8 Å². The van der Waals surface area contributed by atoms with E-state index in [1.54, 1.807) is 13.0 Å². The topological polar surface area (TPSA) is 29.5 Å². The van der Waals surface area contributed by atoms with E-state index in [0.29, 0.717) is 18.8 Å². The smallest absolute Gasteiger partial charge is 0.113 e. The van der Waals surface area contributed by atoms with E-state index in [0.717, 1.165) is 0 Å². The number of allylic oxidation sites excluding steroid dienone is 1. The Morgan fingerprint density at radius 2 is 2.40 bits per heavy atom. The summed E-state index contributed by atoms with van der Waals surface area (Å²) in [6, 6.07) is 0. The summed E-state index contributed by atoms with van der Waals surface area (Å²) in [4.78, 5) is 0. The van der Waals surface area contributed by atoms with Crippen molar-refractivity contribution in [3.63, 3.8) is 0 Å². The lowest BCUT2D eigenvalue weighted by Gasteiger charge is -2.08. The van der Waals surface area contributed by atoms with Crippen LogP contribution < -0.4 is 0 Å². The summed E-state index contributed by atoms with van der Waals surface area (Å²) in [7, 11) is 0. The van der Waals surface area contributed by atoms with Crippen LogP contribution in [-0.4, -0.2) is 17.8 Å². The zero-order chi connectivity index (χ0) is 7.98. The Morgan fingerprint density at radius 1 is 1.80 bits per heavy atom. The van der Waals surface area contributed by atoms with Crippen LogP contribution in [0.3, 0.4) is 0 Å². The second-order valence-electron chi connectivity index (χ2n) is 2.19. The van der Waals surface area contributed by atoms with Crippen LogP contribution in [0, 0.1) is 0 Å². The van der Waals surface area contributed by atoms with E-state index in [2.05, 4.69) is 13.2 Å². The number of aliphatic hydroxyl groups excluding tert-OH is 1. The molecule has 1 unspecified atom stereocenters. The second kappa shape index (κ2) is 5.06. The average molecular weight is 142 g/mol. The van der Waals surface area contributed by atoms with E-state index in [1.807, 2.05) is 0 Å². The maximum atomic E-state index is 8.78. The fourth-order valence-corrected chi connectivity index (χ4v) is 0.458. The van der Waals surface area contributed by atoms with Crippen molar-refractivity contribution in [1.29, 1.82) is 0 Å². The molecule has 0 aromatic carbocycles. The van der Waals surface area contributed by atoms with Gasteiger partial charge in [0, 0.05) is 6.42 Å². The van der Waals surface area contributed by atoms with Crippen LogP contribution in [-0.2, 0) is 4.74 Å². The lowest BCUT2D eigenvalue weighted by molar-refractivity contribution is 0.0827. The van der Waals surface area contributed by atoms with E-state index in [4.69, 9.17) is 9.84 Å². The molecule has 0 bridgehead atoms. The van der Waals surface area contributed by atoms with Crippen molar-refractivity contribution in [2.45, 2.75) is 19.4 Å². The molecule has 0 heterocycles. The predicted octanol–water partition coefficient (Wildman–Crippen LogP) is 1.47. The van der Waals surface area contributed by atoms with Crippen LogP contribution in [0.2, 0.25) is 0 Å². The average Bonchev–Trinajstić information content (AvgIpc) is 1.85. The molecule has 0 radical (unpaired) electrons. The minimum absolute atomic E-state index is 0.312. The zero-order valence-corrected chi connectivity index (χ0v) is 6.34. The fraction of sp³-hybridized carbons (Fsp3) is 0.500. The third-order valence-corrected chi connectivity index (χ3v) is 0.901. The van der Waals surface area contributed by atoms with Gasteiger partial charge in [-0.1, -0.05) is 12.7 Å². The standard InChI is InChI=1S/C8H14O2/c1-4-5-8(3)10-6-7(2)9/h4,7,9H,1,3,5-6H2,2H3. The lowest BCUT2D eigenvalue weighted by Crippen LogP contribution is -2.09. The molecular weight excluding hydrogens is 128 g/mol. The third kappa shape index (κ3) is 5.38. The first-order valence-corrected chi connectivity index (χ1v) is 3.26. The summed E-state index contributed by atoms with van der Waals surface area (Å²) in [6.45, 7) is 9.12. The molecule has 0 amide bonds. The first-order valence-electron chi connectivity index (χ1n) is 3.26. The van der Waals surface area contributed by atoms with E-state index >= 15 is 0 Å². The van der Waals surface area contributed by atoms with Gasteiger partial charge in [0.05, 0.1) is 11.9 Å². The monoisotopic (exact) mass is 142 g/mol. The first-order chi connectivity index (χ1) is 4.66. The summed E-state index contributed by atoms with van der Waals surface area (Å²) in [5, 5.41) is 8.78. The van der Waals surface area contributed by atoms with Crippen molar-refractivity contribution < 1.29 is 9.84 Å². The molecule has 10 heavy (non-hydrogen) atoms. The largest absolute Gasteiger partial charge is 0.496 e. The molecule has 0 fully saturated rings. The van der Waals surface area contributed by atoms with E-state index in [1.165, 1.54) is 0 Å². The molecule has 0 aromatic rings. The first kappa shape index (κ1) is 9.24. The van der Waals surface area contributed by atoms with Gasteiger partial charge >= 0.3 is 0 Å². The number of hydrogen-bond donors (Lipinski definition) is 1. The molecule has 2 nitrogen and oxygen atoms in total. The van der Waals surface area contributed by atoms with Gasteiger partial charge in [0.25, 0.3) is 0 Å². The molecule has 0 saturated heterocycles. The zero-order valence-electron chi connectivity index (χ0n) is 6.34. The van der Waals surface area contributed by atoms with Crippen molar-refractivity contribution in [2.75, 3.05) is 6.61 Å². The number of hydrogen-bond acceptors (Lipinski definition) is 2. The SMILES string of the molecule is C=CCC(=C)OCC(C)O. The molecule has 0 spiro atoms. The lowest BCUT2D eigenvalue weighted by atomic mass is 10.4. The van der Waals surface area contributed by atoms with Gasteiger partial charge in [-0.25, -0.2) is 0 Å². The highest BCUT2D eigenvalue weighted by atomic mass is 16.5.